The smallest absolute Gasteiger partial charge is 0.374 e. The summed E-state index contributed by atoms with van der Waals surface area (Å²) in [5, 5.41) is 11.5. The summed E-state index contributed by atoms with van der Waals surface area (Å²) in [6.45, 7) is 15.6. The first-order chi connectivity index (χ1) is 26.2. The second-order valence-corrected chi connectivity index (χ2v) is 17.2. The lowest BCUT2D eigenvalue weighted by Crippen LogP contribution is -2.46. The third kappa shape index (κ3) is 15.8. The summed E-state index contributed by atoms with van der Waals surface area (Å²) in [6.07, 6.45) is 8.92. The van der Waals surface area contributed by atoms with Crippen LogP contribution in [-0.4, -0.2) is 93.8 Å². The number of nitrogens with zero attached hydrogens (tertiary/aromatic N) is 2. The van der Waals surface area contributed by atoms with Gasteiger partial charge in [-0.2, -0.15) is 0 Å². The predicted octanol–water partition coefficient (Wildman–Crippen LogP) is 7.78. The number of hydrogen-bond donors (Lipinski definition) is 4. The summed E-state index contributed by atoms with van der Waals surface area (Å²) in [5.41, 5.74) is 4.35. The fourth-order valence-electron chi connectivity index (χ4n) is 5.51. The Morgan fingerprint density at radius 1 is 0.500 bits per heavy atom. The SMILES string of the molecule is CCO[Si](CCCNC(=O)Nc1ccc(N=C2C=CC(=Nc3ccc(NC(=O)NCCC[Si](OCC)(OCC)OCC)cc3)C=C2)cc1)(OCC)OCC. The number of amides is 4. The standard InChI is InChI=1S/C38H58N6O8Si2/c1-7-47-53(48-8-2,49-9-3)29-13-27-39-37(45)43-35-23-19-33(20-24-35)41-31-15-17-32(18-16-31)42-34-21-25-36(26-22-34)44-38(46)40-28-14-30-54(50-10-4,51-11-5)52-12-6/h15-26H,7-14,27-30H2,1-6H3,(H2,39,43,45)(H2,40,44,46). The number of anilines is 2. The van der Waals surface area contributed by atoms with Crippen LogP contribution in [0.1, 0.15) is 54.4 Å². The lowest BCUT2D eigenvalue weighted by Gasteiger charge is -2.28. The first-order valence-corrected chi connectivity index (χ1v) is 22.7. The number of aliphatic imine (C=N–C) groups is 2. The number of hydrogen-bond acceptors (Lipinski definition) is 10. The molecule has 3 rings (SSSR count). The molecule has 16 heteroatoms. The van der Waals surface area contributed by atoms with Crippen LogP contribution in [0.25, 0.3) is 0 Å². The molecule has 0 heterocycles. The van der Waals surface area contributed by atoms with Gasteiger partial charge in [0.1, 0.15) is 0 Å². The maximum absolute atomic E-state index is 12.5. The van der Waals surface area contributed by atoms with Crippen LogP contribution in [0.5, 0.6) is 0 Å². The molecule has 0 saturated carbocycles. The van der Waals surface area contributed by atoms with E-state index in [0.717, 1.165) is 22.8 Å². The molecule has 2 aromatic rings. The Hall–Kier alpha value is -4.01. The number of benzene rings is 2. The van der Waals surface area contributed by atoms with Gasteiger partial charge in [0.15, 0.2) is 0 Å². The molecule has 296 valence electrons. The van der Waals surface area contributed by atoms with Crippen LogP contribution in [0, 0.1) is 0 Å². The van der Waals surface area contributed by atoms with Crippen molar-refractivity contribution in [2.24, 2.45) is 9.98 Å². The molecule has 54 heavy (non-hydrogen) atoms. The number of urea groups is 2. The molecule has 0 aliphatic heterocycles. The molecule has 0 unspecified atom stereocenters. The highest BCUT2D eigenvalue weighted by Gasteiger charge is 2.40. The zero-order valence-electron chi connectivity index (χ0n) is 32.6. The van der Waals surface area contributed by atoms with Gasteiger partial charge in [-0.15, -0.1) is 0 Å². The number of nitrogens with one attached hydrogen (secondary N) is 4. The summed E-state index contributed by atoms with van der Waals surface area (Å²) in [5.74, 6) is 0. The third-order valence-corrected chi connectivity index (χ3v) is 14.0. The van der Waals surface area contributed by atoms with Crippen molar-refractivity contribution in [2.45, 2.75) is 66.5 Å². The largest absolute Gasteiger partial charge is 0.500 e. The lowest BCUT2D eigenvalue weighted by molar-refractivity contribution is 0.0701. The van der Waals surface area contributed by atoms with Crippen molar-refractivity contribution >= 4 is 63.8 Å². The first kappa shape index (κ1) is 44.4. The predicted molar refractivity (Wildman–Crippen MR) is 220 cm³/mol. The van der Waals surface area contributed by atoms with Crippen LogP contribution >= 0.6 is 0 Å². The zero-order chi connectivity index (χ0) is 39.1. The van der Waals surface area contributed by atoms with Crippen molar-refractivity contribution in [1.29, 1.82) is 0 Å². The first-order valence-electron chi connectivity index (χ1n) is 18.9. The molecule has 1 aliphatic carbocycles. The van der Waals surface area contributed by atoms with Gasteiger partial charge in [0.05, 0.1) is 22.8 Å². The Morgan fingerprint density at radius 3 is 1.07 bits per heavy atom. The topological polar surface area (TPSA) is 162 Å². The minimum absolute atomic E-state index is 0.291. The molecule has 14 nitrogen and oxygen atoms in total. The van der Waals surface area contributed by atoms with Crippen molar-refractivity contribution < 1.29 is 36.1 Å². The minimum Gasteiger partial charge on any atom is -0.374 e. The van der Waals surface area contributed by atoms with Crippen molar-refractivity contribution in [1.82, 2.24) is 10.6 Å². The van der Waals surface area contributed by atoms with E-state index in [1.54, 1.807) is 0 Å². The summed E-state index contributed by atoms with van der Waals surface area (Å²) in [7, 11) is -5.46. The van der Waals surface area contributed by atoms with Crippen LogP contribution in [-0.2, 0) is 26.6 Å². The fraction of sp³-hybridized carbons (Fsp3) is 0.474. The molecule has 0 fully saturated rings. The normalized spacial score (nSPS) is 12.8. The molecule has 0 atom stereocenters. The van der Waals surface area contributed by atoms with E-state index >= 15 is 0 Å². The van der Waals surface area contributed by atoms with E-state index in [1.165, 1.54) is 0 Å². The van der Waals surface area contributed by atoms with E-state index in [9.17, 15) is 9.59 Å². The minimum atomic E-state index is -2.73. The van der Waals surface area contributed by atoms with Gasteiger partial charge in [-0.1, -0.05) is 0 Å². The van der Waals surface area contributed by atoms with Gasteiger partial charge in [-0.05, 0) is 127 Å². The molecule has 4 N–H and O–H groups in total. The van der Waals surface area contributed by atoms with E-state index in [4.69, 9.17) is 26.6 Å². The van der Waals surface area contributed by atoms with E-state index in [2.05, 4.69) is 31.3 Å². The van der Waals surface area contributed by atoms with E-state index in [1.807, 2.05) is 114 Å². The van der Waals surface area contributed by atoms with Crippen molar-refractivity contribution in [3.05, 3.63) is 72.8 Å². The second kappa shape index (κ2) is 24.4. The highest BCUT2D eigenvalue weighted by atomic mass is 28.4. The summed E-state index contributed by atoms with van der Waals surface area (Å²) >= 11 is 0. The van der Waals surface area contributed by atoms with Crippen molar-refractivity contribution in [2.75, 3.05) is 63.4 Å². The van der Waals surface area contributed by atoms with Crippen molar-refractivity contribution in [3.8, 4) is 0 Å². The lowest BCUT2D eigenvalue weighted by atomic mass is 10.1. The Morgan fingerprint density at radius 2 is 0.796 bits per heavy atom. The molecule has 0 saturated heterocycles. The van der Waals surface area contributed by atoms with Gasteiger partial charge in [0.25, 0.3) is 0 Å². The van der Waals surface area contributed by atoms with Crippen LogP contribution in [0.15, 0.2) is 82.8 Å². The monoisotopic (exact) mass is 782 g/mol. The molecule has 0 radical (unpaired) electrons. The zero-order valence-corrected chi connectivity index (χ0v) is 34.6. The molecule has 2 aromatic carbocycles. The van der Waals surface area contributed by atoms with Crippen LogP contribution in [0.3, 0.4) is 0 Å². The molecular formula is C38H58N6O8Si2. The maximum Gasteiger partial charge on any atom is 0.500 e. The summed E-state index contributed by atoms with van der Waals surface area (Å²) in [6, 6.07) is 15.3. The van der Waals surface area contributed by atoms with Crippen LogP contribution in [0.4, 0.5) is 32.3 Å². The highest BCUT2D eigenvalue weighted by molar-refractivity contribution is 6.61. The number of allylic oxidation sites excluding steroid dienone is 4. The molecule has 4 amide bonds. The Labute approximate surface area is 322 Å². The molecule has 0 aromatic heterocycles. The van der Waals surface area contributed by atoms with E-state index in [-0.39, 0.29) is 12.1 Å². The van der Waals surface area contributed by atoms with E-state index in [0.29, 0.717) is 89.0 Å². The van der Waals surface area contributed by atoms with E-state index < -0.39 is 17.6 Å². The van der Waals surface area contributed by atoms with Gasteiger partial charge in [-0.3, -0.25) is 0 Å². The number of rotatable bonds is 24. The van der Waals surface area contributed by atoms with Gasteiger partial charge in [0, 0.05) is 76.2 Å². The summed E-state index contributed by atoms with van der Waals surface area (Å²) < 4.78 is 35.2. The van der Waals surface area contributed by atoms with Gasteiger partial charge < -0.3 is 47.8 Å². The average Bonchev–Trinajstić information content (AvgIpc) is 3.15. The summed E-state index contributed by atoms with van der Waals surface area (Å²) in [4.78, 5) is 34.3. The number of carbonyl (C=O) groups excluding carboxylic acids is 2. The molecule has 1 aliphatic rings. The Balaban J connectivity index is 1.42. The molecule has 0 bridgehead atoms. The number of carbonyl (C=O) groups is 2. The average molecular weight is 783 g/mol. The third-order valence-electron chi connectivity index (χ3n) is 7.69. The van der Waals surface area contributed by atoms with Gasteiger partial charge >= 0.3 is 29.7 Å². The van der Waals surface area contributed by atoms with Gasteiger partial charge in [0.2, 0.25) is 0 Å². The molecular weight excluding hydrogens is 725 g/mol. The molecule has 0 spiro atoms. The second-order valence-electron chi connectivity index (χ2n) is 11.8. The quantitative estimate of drug-likeness (QED) is 0.0477. The fourth-order valence-corrected chi connectivity index (χ4v) is 10.7. The van der Waals surface area contributed by atoms with Crippen LogP contribution in [0.2, 0.25) is 12.1 Å². The Kier molecular flexibility index (Phi) is 20.1. The maximum atomic E-state index is 12.5. The van der Waals surface area contributed by atoms with Crippen LogP contribution < -0.4 is 21.3 Å². The Bertz CT molecular complexity index is 1390. The highest BCUT2D eigenvalue weighted by Crippen LogP contribution is 2.21. The van der Waals surface area contributed by atoms with Crippen molar-refractivity contribution in [3.63, 3.8) is 0 Å². The van der Waals surface area contributed by atoms with Gasteiger partial charge in [-0.25, -0.2) is 19.6 Å².